The summed E-state index contributed by atoms with van der Waals surface area (Å²) in [4.78, 5) is 0. The number of rotatable bonds is 9. The van der Waals surface area contributed by atoms with E-state index >= 15 is 0 Å². The molecule has 0 fully saturated rings. The summed E-state index contributed by atoms with van der Waals surface area (Å²) in [5, 5.41) is 0. The van der Waals surface area contributed by atoms with Gasteiger partial charge in [0.2, 0.25) is 0 Å². The smallest absolute Gasteiger partial charge is 0.200 e. The third kappa shape index (κ3) is 5.00. The van der Waals surface area contributed by atoms with E-state index in [1.807, 2.05) is 6.07 Å². The molecule has 0 saturated carbocycles. The van der Waals surface area contributed by atoms with Gasteiger partial charge in [0.15, 0.2) is 8.32 Å². The Kier molecular flexibility index (Phi) is 7.64. The first-order chi connectivity index (χ1) is 12.8. The van der Waals surface area contributed by atoms with Crippen molar-refractivity contribution in [2.24, 2.45) is 0 Å². The minimum atomic E-state index is -1.77. The zero-order valence-corrected chi connectivity index (χ0v) is 19.0. The molecule has 27 heavy (non-hydrogen) atoms. The Morgan fingerprint density at radius 3 is 1.74 bits per heavy atom. The van der Waals surface area contributed by atoms with Crippen molar-refractivity contribution in [2.45, 2.75) is 64.6 Å². The summed E-state index contributed by atoms with van der Waals surface area (Å²) in [5.74, 6) is 0. The van der Waals surface area contributed by atoms with E-state index < -0.39 is 8.32 Å². The van der Waals surface area contributed by atoms with Crippen LogP contribution in [0.1, 0.15) is 58.2 Å². The summed E-state index contributed by atoms with van der Waals surface area (Å²) in [6.45, 7) is 19.1. The van der Waals surface area contributed by atoms with Crippen molar-refractivity contribution in [3.63, 3.8) is 0 Å². The Bertz CT molecular complexity index is 692. The molecular formula is C25H36OSi. The Morgan fingerprint density at radius 1 is 0.778 bits per heavy atom. The van der Waals surface area contributed by atoms with Crippen LogP contribution in [0, 0.1) is 0 Å². The van der Waals surface area contributed by atoms with E-state index in [2.05, 4.69) is 96.7 Å². The molecule has 146 valence electrons. The Labute approximate surface area is 167 Å². The molecule has 0 N–H and O–H groups in total. The first-order valence-corrected chi connectivity index (χ1v) is 12.4. The fourth-order valence-electron chi connectivity index (χ4n) is 4.52. The second-order valence-electron chi connectivity index (χ2n) is 8.46. The maximum Gasteiger partial charge on any atom is 0.200 e. The fraction of sp³-hybridized carbons (Fsp3) is 0.440. The van der Waals surface area contributed by atoms with Crippen LogP contribution in [0.2, 0.25) is 16.6 Å². The van der Waals surface area contributed by atoms with Crippen LogP contribution < -0.4 is 0 Å². The largest absolute Gasteiger partial charge is 0.416 e. The van der Waals surface area contributed by atoms with Gasteiger partial charge in [0.05, 0.1) is 0 Å². The van der Waals surface area contributed by atoms with Gasteiger partial charge in [-0.2, -0.15) is 0 Å². The average Bonchev–Trinajstić information content (AvgIpc) is 2.65. The van der Waals surface area contributed by atoms with Crippen LogP contribution >= 0.6 is 0 Å². The highest BCUT2D eigenvalue weighted by molar-refractivity contribution is 6.77. The second-order valence-corrected chi connectivity index (χ2v) is 13.9. The number of benzene rings is 2. The summed E-state index contributed by atoms with van der Waals surface area (Å²) in [6.07, 6.45) is 0.971. The lowest BCUT2D eigenvalue weighted by Gasteiger charge is -2.42. The molecule has 0 aromatic heterocycles. The van der Waals surface area contributed by atoms with Gasteiger partial charge in [-0.1, -0.05) is 103 Å². The van der Waals surface area contributed by atoms with E-state index in [1.54, 1.807) is 0 Å². The van der Waals surface area contributed by atoms with Crippen molar-refractivity contribution >= 4 is 13.9 Å². The van der Waals surface area contributed by atoms with Crippen LogP contribution in [-0.2, 0) is 10.8 Å². The molecule has 2 heteroatoms. The lowest BCUT2D eigenvalue weighted by atomic mass is 9.98. The highest BCUT2D eigenvalue weighted by Crippen LogP contribution is 2.42. The van der Waals surface area contributed by atoms with E-state index in [0.717, 1.165) is 18.6 Å². The molecule has 2 aromatic rings. The maximum absolute atomic E-state index is 6.69. The number of hydrogen-bond acceptors (Lipinski definition) is 1. The van der Waals surface area contributed by atoms with Gasteiger partial charge >= 0.3 is 0 Å². The van der Waals surface area contributed by atoms with E-state index in [0.29, 0.717) is 16.6 Å². The van der Waals surface area contributed by atoms with Gasteiger partial charge in [-0.15, -0.1) is 0 Å². The van der Waals surface area contributed by atoms with E-state index in [4.69, 9.17) is 4.43 Å². The summed E-state index contributed by atoms with van der Waals surface area (Å²) in [5.41, 5.74) is 6.66. The van der Waals surface area contributed by atoms with Crippen molar-refractivity contribution in [3.8, 4) is 0 Å². The van der Waals surface area contributed by atoms with Gasteiger partial charge in [-0.05, 0) is 45.3 Å². The van der Waals surface area contributed by atoms with E-state index in [9.17, 15) is 0 Å². The molecule has 2 rings (SSSR count). The minimum absolute atomic E-state index is 0.633. The SMILES string of the molecule is C=C(c1ccccc1)c1ccc(CCO[Si](C(C)C)(C(C)C)C(C)C)cc1. The molecule has 0 heterocycles. The molecule has 0 unspecified atom stereocenters. The van der Waals surface area contributed by atoms with Crippen LogP contribution in [0.3, 0.4) is 0 Å². The summed E-state index contributed by atoms with van der Waals surface area (Å²) >= 11 is 0. The lowest BCUT2D eigenvalue weighted by molar-refractivity contribution is 0.281. The highest BCUT2D eigenvalue weighted by Gasteiger charge is 2.44. The van der Waals surface area contributed by atoms with Crippen LogP contribution in [-0.4, -0.2) is 14.9 Å². The van der Waals surface area contributed by atoms with Crippen LogP contribution in [0.15, 0.2) is 61.2 Å². The highest BCUT2D eigenvalue weighted by atomic mass is 28.4. The molecule has 1 nitrogen and oxygen atoms in total. The topological polar surface area (TPSA) is 9.23 Å². The molecule has 2 aromatic carbocycles. The Balaban J connectivity index is 2.01. The quantitative estimate of drug-likeness (QED) is 0.410. The van der Waals surface area contributed by atoms with Crippen molar-refractivity contribution in [2.75, 3.05) is 6.61 Å². The zero-order chi connectivity index (χ0) is 20.0. The molecule has 0 saturated heterocycles. The fourth-order valence-corrected chi connectivity index (χ4v) is 9.98. The zero-order valence-electron chi connectivity index (χ0n) is 18.0. The van der Waals surface area contributed by atoms with Gasteiger partial charge in [0, 0.05) is 6.61 Å². The van der Waals surface area contributed by atoms with Gasteiger partial charge in [-0.25, -0.2) is 0 Å². The van der Waals surface area contributed by atoms with Gasteiger partial charge < -0.3 is 4.43 Å². The molecule has 0 aliphatic heterocycles. The summed E-state index contributed by atoms with van der Waals surface area (Å²) < 4.78 is 6.69. The molecule has 0 bridgehead atoms. The second kappa shape index (κ2) is 9.52. The van der Waals surface area contributed by atoms with Gasteiger partial charge in [0.1, 0.15) is 0 Å². The summed E-state index contributed by atoms with van der Waals surface area (Å²) in [6, 6.07) is 19.2. The minimum Gasteiger partial charge on any atom is -0.416 e. The van der Waals surface area contributed by atoms with E-state index in [-0.39, 0.29) is 0 Å². The van der Waals surface area contributed by atoms with Crippen molar-refractivity contribution in [1.29, 1.82) is 0 Å². The molecule has 0 atom stereocenters. The standard InChI is InChI=1S/C25H36OSi/c1-19(2)27(20(3)4,21(5)6)26-18-17-23-13-15-25(16-14-23)22(7)24-11-9-8-10-12-24/h8-16,19-21H,7,17-18H2,1-6H3. The van der Waals surface area contributed by atoms with Gasteiger partial charge in [0.25, 0.3) is 0 Å². The molecule has 0 amide bonds. The van der Waals surface area contributed by atoms with Crippen molar-refractivity contribution < 1.29 is 4.43 Å². The third-order valence-corrected chi connectivity index (χ3v) is 12.0. The Hall–Kier alpha value is -1.64. The first kappa shape index (κ1) is 21.7. The first-order valence-electron chi connectivity index (χ1n) is 10.3. The normalized spacial score (nSPS) is 12.2. The van der Waals surface area contributed by atoms with Crippen LogP contribution in [0.4, 0.5) is 0 Å². The predicted octanol–water partition coefficient (Wildman–Crippen LogP) is 7.48. The molecular weight excluding hydrogens is 344 g/mol. The lowest BCUT2D eigenvalue weighted by Crippen LogP contribution is -2.48. The van der Waals surface area contributed by atoms with Crippen molar-refractivity contribution in [1.82, 2.24) is 0 Å². The van der Waals surface area contributed by atoms with Crippen LogP contribution in [0.25, 0.3) is 5.57 Å². The summed E-state index contributed by atoms with van der Waals surface area (Å²) in [7, 11) is -1.77. The van der Waals surface area contributed by atoms with Crippen LogP contribution in [0.5, 0.6) is 0 Å². The van der Waals surface area contributed by atoms with Gasteiger partial charge in [-0.3, -0.25) is 0 Å². The molecule has 0 aliphatic rings. The monoisotopic (exact) mass is 380 g/mol. The third-order valence-electron chi connectivity index (χ3n) is 5.87. The predicted molar refractivity (Wildman–Crippen MR) is 122 cm³/mol. The molecule has 0 aliphatic carbocycles. The maximum atomic E-state index is 6.69. The Morgan fingerprint density at radius 2 is 1.26 bits per heavy atom. The molecule has 0 radical (unpaired) electrons. The molecule has 0 spiro atoms. The van der Waals surface area contributed by atoms with E-state index in [1.165, 1.54) is 16.7 Å². The average molecular weight is 381 g/mol. The van der Waals surface area contributed by atoms with Crippen molar-refractivity contribution in [3.05, 3.63) is 77.9 Å². The number of hydrogen-bond donors (Lipinski definition) is 0.